The van der Waals surface area contributed by atoms with E-state index in [9.17, 15) is 4.79 Å². The Morgan fingerprint density at radius 1 is 1.44 bits per heavy atom. The molecule has 0 aliphatic carbocycles. The molecule has 16 heavy (non-hydrogen) atoms. The average molecular weight is 236 g/mol. The zero-order chi connectivity index (χ0) is 11.4. The van der Waals surface area contributed by atoms with Gasteiger partial charge in [-0.25, -0.2) is 9.89 Å². The largest absolute Gasteiger partial charge is 0.351 e. The summed E-state index contributed by atoms with van der Waals surface area (Å²) in [6, 6.07) is 6.62. The molecule has 1 heterocycles. The van der Waals surface area contributed by atoms with Crippen molar-refractivity contribution in [3.8, 4) is 0 Å². The number of tetrazole rings is 1. The number of nitrogens with one attached hydrogen (secondary N) is 2. The molecule has 8 heteroatoms. The van der Waals surface area contributed by atoms with Crippen LogP contribution in [-0.2, 0) is 0 Å². The topological polar surface area (TPSA) is 110 Å². The highest BCUT2D eigenvalue weighted by molar-refractivity contribution is 7.99. The van der Waals surface area contributed by atoms with E-state index in [0.717, 1.165) is 4.90 Å². The predicted molar refractivity (Wildman–Crippen MR) is 57.9 cm³/mol. The number of amides is 2. The van der Waals surface area contributed by atoms with Crippen LogP contribution in [0.4, 0.5) is 10.5 Å². The smallest absolute Gasteiger partial charge is 0.316 e. The van der Waals surface area contributed by atoms with Gasteiger partial charge in [0.1, 0.15) is 0 Å². The fourth-order valence-electron chi connectivity index (χ4n) is 1.09. The van der Waals surface area contributed by atoms with Crippen molar-refractivity contribution in [3.05, 3.63) is 24.3 Å². The van der Waals surface area contributed by atoms with E-state index in [2.05, 4.69) is 25.9 Å². The molecule has 0 fully saturated rings. The lowest BCUT2D eigenvalue weighted by Crippen LogP contribution is -2.19. The van der Waals surface area contributed by atoms with Gasteiger partial charge in [0.2, 0.25) is 5.16 Å². The summed E-state index contributed by atoms with van der Waals surface area (Å²) >= 11 is 1.30. The van der Waals surface area contributed by atoms with Gasteiger partial charge in [-0.2, -0.15) is 0 Å². The third-order valence-electron chi connectivity index (χ3n) is 1.68. The van der Waals surface area contributed by atoms with Gasteiger partial charge in [0, 0.05) is 4.90 Å². The Bertz CT molecular complexity index is 485. The van der Waals surface area contributed by atoms with Crippen molar-refractivity contribution in [2.24, 2.45) is 5.73 Å². The van der Waals surface area contributed by atoms with Crippen LogP contribution in [0.1, 0.15) is 0 Å². The summed E-state index contributed by atoms with van der Waals surface area (Å²) < 4.78 is 0. The third-order valence-corrected chi connectivity index (χ3v) is 2.62. The summed E-state index contributed by atoms with van der Waals surface area (Å²) in [4.78, 5) is 11.6. The molecule has 2 rings (SSSR count). The summed E-state index contributed by atoms with van der Waals surface area (Å²) in [7, 11) is 0. The van der Waals surface area contributed by atoms with Crippen LogP contribution < -0.4 is 11.1 Å². The zero-order valence-electron chi connectivity index (χ0n) is 8.04. The molecule has 82 valence electrons. The van der Waals surface area contributed by atoms with E-state index < -0.39 is 6.03 Å². The van der Waals surface area contributed by atoms with E-state index in [1.165, 1.54) is 11.8 Å². The van der Waals surface area contributed by atoms with Crippen LogP contribution in [0.2, 0.25) is 0 Å². The van der Waals surface area contributed by atoms with Crippen molar-refractivity contribution >= 4 is 23.5 Å². The fourth-order valence-corrected chi connectivity index (χ4v) is 1.84. The van der Waals surface area contributed by atoms with E-state index in [1.807, 2.05) is 12.1 Å². The highest BCUT2D eigenvalue weighted by atomic mass is 32.2. The number of anilines is 1. The fraction of sp³-hybridized carbons (Fsp3) is 0. The lowest BCUT2D eigenvalue weighted by Gasteiger charge is -2.06. The molecule has 1 aromatic carbocycles. The average Bonchev–Trinajstić information content (AvgIpc) is 2.73. The molecule has 0 unspecified atom stereocenters. The molecular formula is C8H8N6OS. The summed E-state index contributed by atoms with van der Waals surface area (Å²) in [6.45, 7) is 0. The number of rotatable bonds is 3. The van der Waals surface area contributed by atoms with Crippen molar-refractivity contribution in [1.82, 2.24) is 20.6 Å². The van der Waals surface area contributed by atoms with Gasteiger partial charge in [0.15, 0.2) is 0 Å². The van der Waals surface area contributed by atoms with Crippen LogP contribution in [0.25, 0.3) is 0 Å². The molecule has 0 atom stereocenters. The molecule has 0 bridgehead atoms. The normalized spacial score (nSPS) is 10.0. The number of benzene rings is 1. The number of nitrogens with two attached hydrogens (primary N) is 1. The first kappa shape index (κ1) is 10.4. The second kappa shape index (κ2) is 4.62. The number of nitrogens with zero attached hydrogens (tertiary/aromatic N) is 3. The van der Waals surface area contributed by atoms with E-state index in [0.29, 0.717) is 10.8 Å². The molecule has 0 saturated heterocycles. The minimum atomic E-state index is -0.608. The summed E-state index contributed by atoms with van der Waals surface area (Å²) in [5.74, 6) is 0. The molecule has 2 amide bonds. The number of urea groups is 1. The van der Waals surface area contributed by atoms with Crippen LogP contribution in [0, 0.1) is 0 Å². The minimum Gasteiger partial charge on any atom is -0.351 e. The molecule has 1 aromatic heterocycles. The Hall–Kier alpha value is -2.09. The van der Waals surface area contributed by atoms with E-state index >= 15 is 0 Å². The maximum Gasteiger partial charge on any atom is 0.316 e. The van der Waals surface area contributed by atoms with Gasteiger partial charge < -0.3 is 11.1 Å². The highest BCUT2D eigenvalue weighted by Gasteiger charge is 2.07. The number of H-pyrrole nitrogens is 1. The Kier molecular flexibility index (Phi) is 3.01. The molecule has 0 aliphatic heterocycles. The van der Waals surface area contributed by atoms with Crippen molar-refractivity contribution in [3.63, 3.8) is 0 Å². The molecule has 2 aromatic rings. The van der Waals surface area contributed by atoms with Crippen molar-refractivity contribution < 1.29 is 4.79 Å². The predicted octanol–water partition coefficient (Wildman–Crippen LogP) is 0.842. The van der Waals surface area contributed by atoms with Crippen LogP contribution in [-0.4, -0.2) is 26.7 Å². The molecule has 7 nitrogen and oxygen atoms in total. The summed E-state index contributed by atoms with van der Waals surface area (Å²) in [6.07, 6.45) is 0. The van der Waals surface area contributed by atoms with E-state index in [-0.39, 0.29) is 0 Å². The van der Waals surface area contributed by atoms with Crippen molar-refractivity contribution in [2.75, 3.05) is 5.32 Å². The standard InChI is InChI=1S/C8H8N6OS/c9-7(15)10-5-3-1-2-4-6(5)16-8-11-13-14-12-8/h1-4H,(H3,9,10,15)(H,11,12,13,14). The van der Waals surface area contributed by atoms with Gasteiger partial charge in [-0.1, -0.05) is 12.1 Å². The van der Waals surface area contributed by atoms with Crippen molar-refractivity contribution in [2.45, 2.75) is 10.1 Å². The van der Waals surface area contributed by atoms with E-state index in [1.54, 1.807) is 12.1 Å². The first-order valence-electron chi connectivity index (χ1n) is 4.33. The van der Waals surface area contributed by atoms with Gasteiger partial charge in [-0.05, 0) is 34.3 Å². The lowest BCUT2D eigenvalue weighted by atomic mass is 10.3. The second-order valence-corrected chi connectivity index (χ2v) is 3.82. The SMILES string of the molecule is NC(=O)Nc1ccccc1Sc1nnn[nH]1. The van der Waals surface area contributed by atoms with Crippen LogP contribution in [0.15, 0.2) is 34.3 Å². The molecular weight excluding hydrogens is 228 g/mol. The number of hydrogen-bond donors (Lipinski definition) is 3. The van der Waals surface area contributed by atoms with Gasteiger partial charge >= 0.3 is 6.03 Å². The van der Waals surface area contributed by atoms with Crippen LogP contribution in [0.3, 0.4) is 0 Å². The molecule has 0 aliphatic rings. The van der Waals surface area contributed by atoms with Gasteiger partial charge in [0.05, 0.1) is 5.69 Å². The third kappa shape index (κ3) is 2.48. The second-order valence-electron chi connectivity index (χ2n) is 2.79. The zero-order valence-corrected chi connectivity index (χ0v) is 8.86. The highest BCUT2D eigenvalue weighted by Crippen LogP contribution is 2.30. The summed E-state index contributed by atoms with van der Waals surface area (Å²) in [5.41, 5.74) is 5.68. The maximum absolute atomic E-state index is 10.8. The molecule has 4 N–H and O–H groups in total. The first-order chi connectivity index (χ1) is 7.75. The molecule has 0 radical (unpaired) electrons. The van der Waals surface area contributed by atoms with Crippen molar-refractivity contribution in [1.29, 1.82) is 0 Å². The van der Waals surface area contributed by atoms with Crippen LogP contribution in [0.5, 0.6) is 0 Å². The van der Waals surface area contributed by atoms with Gasteiger partial charge in [0.25, 0.3) is 0 Å². The number of aromatic amines is 1. The first-order valence-corrected chi connectivity index (χ1v) is 5.14. The number of primary amides is 1. The Labute approximate surface area is 94.8 Å². The van der Waals surface area contributed by atoms with E-state index in [4.69, 9.17) is 5.73 Å². The Balaban J connectivity index is 2.22. The lowest BCUT2D eigenvalue weighted by molar-refractivity contribution is 0.259. The van der Waals surface area contributed by atoms with Gasteiger partial charge in [-0.15, -0.1) is 5.10 Å². The molecule has 0 spiro atoms. The molecule has 0 saturated carbocycles. The number of para-hydroxylation sites is 1. The maximum atomic E-state index is 10.8. The monoisotopic (exact) mass is 236 g/mol. The quantitative estimate of drug-likeness (QED) is 0.731. The Morgan fingerprint density at radius 2 is 2.25 bits per heavy atom. The van der Waals surface area contributed by atoms with Gasteiger partial charge in [-0.3, -0.25) is 0 Å². The number of aromatic nitrogens is 4. The minimum absolute atomic E-state index is 0.540. The number of carbonyl (C=O) groups excluding carboxylic acids is 1. The Morgan fingerprint density at radius 3 is 2.94 bits per heavy atom. The summed E-state index contributed by atoms with van der Waals surface area (Å²) in [5, 5.41) is 16.3. The number of hydrogen-bond acceptors (Lipinski definition) is 5. The van der Waals surface area contributed by atoms with Crippen LogP contribution >= 0.6 is 11.8 Å². The number of carbonyl (C=O) groups is 1.